The molecule has 0 unspecified atom stereocenters. The molecule has 1 amide bonds. The number of nitrogens with one attached hydrogen (secondary N) is 1. The Morgan fingerprint density at radius 1 is 1.03 bits per heavy atom. The van der Waals surface area contributed by atoms with Crippen LogP contribution in [0.3, 0.4) is 0 Å². The normalized spacial score (nSPS) is 14.4. The van der Waals surface area contributed by atoms with Gasteiger partial charge in [-0.05, 0) is 55.9 Å². The maximum absolute atomic E-state index is 12.7. The monoisotopic (exact) mass is 428 g/mol. The van der Waals surface area contributed by atoms with E-state index in [-0.39, 0.29) is 11.8 Å². The summed E-state index contributed by atoms with van der Waals surface area (Å²) in [5, 5.41) is 3.09. The Morgan fingerprint density at radius 2 is 1.75 bits per heavy atom. The van der Waals surface area contributed by atoms with E-state index in [1.807, 2.05) is 24.5 Å². The number of nitrogens with zero attached hydrogens (tertiary/aromatic N) is 3. The van der Waals surface area contributed by atoms with Gasteiger partial charge < -0.3 is 10.2 Å². The van der Waals surface area contributed by atoms with Crippen molar-refractivity contribution in [1.29, 1.82) is 0 Å². The highest BCUT2D eigenvalue weighted by Gasteiger charge is 2.26. The molecule has 4 rings (SSSR count). The van der Waals surface area contributed by atoms with Gasteiger partial charge in [0.25, 0.3) is 0 Å². The van der Waals surface area contributed by atoms with Crippen molar-refractivity contribution in [2.75, 3.05) is 23.3 Å². The molecule has 1 fully saturated rings. The molecule has 1 N–H and O–H groups in total. The number of anilines is 2. The molecule has 32 heavy (non-hydrogen) atoms. The molecule has 1 aliphatic heterocycles. The van der Waals surface area contributed by atoms with Gasteiger partial charge in [-0.15, -0.1) is 0 Å². The molecular weight excluding hydrogens is 396 g/mol. The molecule has 5 heteroatoms. The third kappa shape index (κ3) is 5.52. The van der Waals surface area contributed by atoms with Crippen LogP contribution in [-0.2, 0) is 11.2 Å². The number of unbranched alkanes of at least 4 members (excludes halogenated alkanes) is 1. The summed E-state index contributed by atoms with van der Waals surface area (Å²) in [5.74, 6) is 0.877. The van der Waals surface area contributed by atoms with E-state index in [2.05, 4.69) is 70.4 Å². The van der Waals surface area contributed by atoms with Crippen LogP contribution in [-0.4, -0.2) is 29.0 Å². The fourth-order valence-electron chi connectivity index (χ4n) is 4.18. The molecule has 0 atom stereocenters. The van der Waals surface area contributed by atoms with Crippen molar-refractivity contribution >= 4 is 17.5 Å². The zero-order valence-electron chi connectivity index (χ0n) is 19.1. The molecule has 2 heterocycles. The maximum Gasteiger partial charge on any atom is 0.227 e. The van der Waals surface area contributed by atoms with Crippen molar-refractivity contribution in [3.8, 4) is 11.1 Å². The SMILES string of the molecule is CCCCc1ccc(NC(=O)C2CCN(c3ncc(-c4cccc(C)c4)cn3)CC2)cc1. The zero-order valence-corrected chi connectivity index (χ0v) is 19.1. The van der Waals surface area contributed by atoms with E-state index < -0.39 is 0 Å². The lowest BCUT2D eigenvalue weighted by Gasteiger charge is -2.31. The number of aryl methyl sites for hydroxylation is 2. The van der Waals surface area contributed by atoms with Crippen LogP contribution in [0.15, 0.2) is 60.9 Å². The van der Waals surface area contributed by atoms with Gasteiger partial charge in [0.2, 0.25) is 11.9 Å². The minimum absolute atomic E-state index is 0.0255. The molecule has 0 spiro atoms. The molecule has 1 aliphatic rings. The lowest BCUT2D eigenvalue weighted by atomic mass is 9.96. The molecule has 3 aromatic rings. The van der Waals surface area contributed by atoms with E-state index in [4.69, 9.17) is 0 Å². The Hall–Kier alpha value is -3.21. The summed E-state index contributed by atoms with van der Waals surface area (Å²) in [6.07, 6.45) is 8.88. The van der Waals surface area contributed by atoms with Crippen LogP contribution in [0.5, 0.6) is 0 Å². The van der Waals surface area contributed by atoms with E-state index in [0.717, 1.165) is 55.1 Å². The van der Waals surface area contributed by atoms with Crippen LogP contribution in [0, 0.1) is 12.8 Å². The van der Waals surface area contributed by atoms with Crippen LogP contribution < -0.4 is 10.2 Å². The summed E-state index contributed by atoms with van der Waals surface area (Å²) in [5.41, 5.74) is 5.58. The molecule has 2 aromatic carbocycles. The van der Waals surface area contributed by atoms with E-state index in [1.165, 1.54) is 24.0 Å². The highest BCUT2D eigenvalue weighted by Crippen LogP contribution is 2.24. The summed E-state index contributed by atoms with van der Waals surface area (Å²) >= 11 is 0. The fourth-order valence-corrected chi connectivity index (χ4v) is 4.18. The van der Waals surface area contributed by atoms with Crippen LogP contribution >= 0.6 is 0 Å². The second-order valence-electron chi connectivity index (χ2n) is 8.69. The average Bonchev–Trinajstić information content (AvgIpc) is 2.84. The first-order valence-corrected chi connectivity index (χ1v) is 11.7. The Bertz CT molecular complexity index is 1020. The lowest BCUT2D eigenvalue weighted by Crippen LogP contribution is -2.39. The van der Waals surface area contributed by atoms with Crippen molar-refractivity contribution in [3.63, 3.8) is 0 Å². The average molecular weight is 429 g/mol. The predicted molar refractivity (Wildman–Crippen MR) is 131 cm³/mol. The summed E-state index contributed by atoms with van der Waals surface area (Å²) < 4.78 is 0. The Morgan fingerprint density at radius 3 is 2.41 bits per heavy atom. The minimum Gasteiger partial charge on any atom is -0.341 e. The van der Waals surface area contributed by atoms with Gasteiger partial charge in [-0.25, -0.2) is 9.97 Å². The van der Waals surface area contributed by atoms with Crippen LogP contribution in [0.25, 0.3) is 11.1 Å². The number of hydrogen-bond donors (Lipinski definition) is 1. The Balaban J connectivity index is 1.29. The van der Waals surface area contributed by atoms with E-state index in [9.17, 15) is 4.79 Å². The van der Waals surface area contributed by atoms with E-state index >= 15 is 0 Å². The quantitative estimate of drug-likeness (QED) is 0.528. The summed E-state index contributed by atoms with van der Waals surface area (Å²) in [6.45, 7) is 5.86. The van der Waals surface area contributed by atoms with E-state index in [0.29, 0.717) is 0 Å². The van der Waals surface area contributed by atoms with Gasteiger partial charge >= 0.3 is 0 Å². The summed E-state index contributed by atoms with van der Waals surface area (Å²) in [4.78, 5) is 24.1. The highest BCUT2D eigenvalue weighted by molar-refractivity contribution is 5.92. The summed E-state index contributed by atoms with van der Waals surface area (Å²) in [6, 6.07) is 16.6. The van der Waals surface area contributed by atoms with Gasteiger partial charge in [0.1, 0.15) is 0 Å². The third-order valence-electron chi connectivity index (χ3n) is 6.18. The molecule has 1 saturated heterocycles. The van der Waals surface area contributed by atoms with Gasteiger partial charge in [0, 0.05) is 42.7 Å². The van der Waals surface area contributed by atoms with Crippen molar-refractivity contribution in [2.24, 2.45) is 5.92 Å². The van der Waals surface area contributed by atoms with E-state index in [1.54, 1.807) is 0 Å². The maximum atomic E-state index is 12.7. The van der Waals surface area contributed by atoms with Gasteiger partial charge in [0.15, 0.2) is 0 Å². The van der Waals surface area contributed by atoms with Crippen molar-refractivity contribution in [2.45, 2.75) is 46.0 Å². The number of rotatable bonds is 7. The molecule has 1 aromatic heterocycles. The number of benzene rings is 2. The van der Waals surface area contributed by atoms with Crippen molar-refractivity contribution in [1.82, 2.24) is 9.97 Å². The molecule has 0 saturated carbocycles. The van der Waals surface area contributed by atoms with Crippen LogP contribution in [0.4, 0.5) is 11.6 Å². The smallest absolute Gasteiger partial charge is 0.227 e. The zero-order chi connectivity index (χ0) is 22.3. The van der Waals surface area contributed by atoms with Gasteiger partial charge in [0.05, 0.1) is 0 Å². The molecule has 0 bridgehead atoms. The number of carbonyl (C=O) groups is 1. The Kier molecular flexibility index (Phi) is 7.15. The minimum atomic E-state index is 0.0255. The largest absolute Gasteiger partial charge is 0.341 e. The molecule has 166 valence electrons. The number of amides is 1. The van der Waals surface area contributed by atoms with Gasteiger partial charge in [-0.3, -0.25) is 4.79 Å². The van der Waals surface area contributed by atoms with Crippen LogP contribution in [0.2, 0.25) is 0 Å². The first kappa shape index (κ1) is 22.0. The second-order valence-corrected chi connectivity index (χ2v) is 8.69. The van der Waals surface area contributed by atoms with Gasteiger partial charge in [-0.2, -0.15) is 0 Å². The summed E-state index contributed by atoms with van der Waals surface area (Å²) in [7, 11) is 0. The standard InChI is InChI=1S/C27H32N4O/c1-3-4-7-21-9-11-25(12-10-21)30-26(32)22-13-15-31(16-14-22)27-28-18-24(19-29-27)23-8-5-6-20(2)17-23/h5-6,8-12,17-19,22H,3-4,7,13-16H2,1-2H3,(H,30,32). The number of aromatic nitrogens is 2. The lowest BCUT2D eigenvalue weighted by molar-refractivity contribution is -0.120. The molecule has 0 aliphatic carbocycles. The topological polar surface area (TPSA) is 58.1 Å². The number of hydrogen-bond acceptors (Lipinski definition) is 4. The number of piperidine rings is 1. The Labute approximate surface area is 190 Å². The fraction of sp³-hybridized carbons (Fsp3) is 0.370. The first-order chi connectivity index (χ1) is 15.6. The third-order valence-corrected chi connectivity index (χ3v) is 6.18. The first-order valence-electron chi connectivity index (χ1n) is 11.7. The predicted octanol–water partition coefficient (Wildman–Crippen LogP) is 5.65. The molecular formula is C27H32N4O. The highest BCUT2D eigenvalue weighted by atomic mass is 16.1. The van der Waals surface area contributed by atoms with Crippen molar-refractivity contribution < 1.29 is 4.79 Å². The molecule has 5 nitrogen and oxygen atoms in total. The van der Waals surface area contributed by atoms with Crippen LogP contribution in [0.1, 0.15) is 43.7 Å². The second kappa shape index (κ2) is 10.4. The van der Waals surface area contributed by atoms with Crippen molar-refractivity contribution in [3.05, 3.63) is 72.1 Å². The molecule has 0 radical (unpaired) electrons. The van der Waals surface area contributed by atoms with Gasteiger partial charge in [-0.1, -0.05) is 55.3 Å². The number of carbonyl (C=O) groups excluding carboxylic acids is 1.